The molecule has 3 rings (SSSR count). The lowest BCUT2D eigenvalue weighted by molar-refractivity contribution is 0.312. The van der Waals surface area contributed by atoms with Gasteiger partial charge in [0.05, 0.1) is 0 Å². The second-order valence-electron chi connectivity index (χ2n) is 7.06. The lowest BCUT2D eigenvalue weighted by Gasteiger charge is -2.42. The van der Waals surface area contributed by atoms with E-state index < -0.39 is 0 Å². The number of allylic oxidation sites excluding steroid dienone is 5. The van der Waals surface area contributed by atoms with Crippen molar-refractivity contribution in [2.75, 3.05) is 0 Å². The van der Waals surface area contributed by atoms with E-state index in [0.29, 0.717) is 11.3 Å². The molecule has 0 saturated heterocycles. The molecule has 0 fully saturated rings. The monoisotopic (exact) mass is 278 g/mol. The van der Waals surface area contributed by atoms with Gasteiger partial charge in [-0.1, -0.05) is 68.0 Å². The van der Waals surface area contributed by atoms with Gasteiger partial charge in [-0.05, 0) is 54.7 Å². The van der Waals surface area contributed by atoms with Crippen LogP contribution >= 0.6 is 0 Å². The van der Waals surface area contributed by atoms with E-state index in [4.69, 9.17) is 0 Å². The molecule has 0 aliphatic heterocycles. The van der Waals surface area contributed by atoms with Gasteiger partial charge in [-0.3, -0.25) is 0 Å². The Morgan fingerprint density at radius 2 is 1.90 bits per heavy atom. The summed E-state index contributed by atoms with van der Waals surface area (Å²) in [6, 6.07) is 8.93. The highest BCUT2D eigenvalue weighted by molar-refractivity contribution is 5.73. The van der Waals surface area contributed by atoms with Crippen molar-refractivity contribution in [3.63, 3.8) is 0 Å². The van der Waals surface area contributed by atoms with E-state index in [-0.39, 0.29) is 0 Å². The summed E-state index contributed by atoms with van der Waals surface area (Å²) in [4.78, 5) is 0. The molecular formula is C21H26. The summed E-state index contributed by atoms with van der Waals surface area (Å²) in [6.07, 6.45) is 10.2. The molecule has 0 heterocycles. The fourth-order valence-corrected chi connectivity index (χ4v) is 4.05. The van der Waals surface area contributed by atoms with E-state index in [2.05, 4.69) is 63.8 Å². The first-order valence-electron chi connectivity index (χ1n) is 8.18. The molecule has 2 aliphatic carbocycles. The Morgan fingerprint density at radius 3 is 2.57 bits per heavy atom. The largest absolute Gasteiger partial charge is 0.0955 e. The van der Waals surface area contributed by atoms with Gasteiger partial charge in [-0.25, -0.2) is 0 Å². The molecule has 0 bridgehead atoms. The van der Waals surface area contributed by atoms with Crippen LogP contribution in [0.3, 0.4) is 0 Å². The smallest absolute Gasteiger partial charge is 0.00281 e. The maximum atomic E-state index is 4.02. The molecule has 0 amide bonds. The van der Waals surface area contributed by atoms with Crippen molar-refractivity contribution in [2.45, 2.75) is 46.5 Å². The van der Waals surface area contributed by atoms with Crippen molar-refractivity contribution < 1.29 is 0 Å². The molecular weight excluding hydrogens is 252 g/mol. The molecule has 0 heteroatoms. The highest BCUT2D eigenvalue weighted by atomic mass is 14.4. The minimum atomic E-state index is 0.415. The van der Waals surface area contributed by atoms with Crippen molar-refractivity contribution in [1.82, 2.24) is 0 Å². The number of benzene rings is 1. The maximum Gasteiger partial charge on any atom is 0.00281 e. The van der Waals surface area contributed by atoms with E-state index in [9.17, 15) is 0 Å². The topological polar surface area (TPSA) is 0 Å². The second kappa shape index (κ2) is 5.33. The lowest BCUT2D eigenvalue weighted by Crippen LogP contribution is -2.29. The Bertz CT molecular complexity index is 612. The van der Waals surface area contributed by atoms with Crippen LogP contribution in [-0.4, -0.2) is 0 Å². The van der Waals surface area contributed by atoms with Crippen LogP contribution in [0.5, 0.6) is 0 Å². The summed E-state index contributed by atoms with van der Waals surface area (Å²) < 4.78 is 0. The van der Waals surface area contributed by atoms with Crippen LogP contribution in [0.1, 0.15) is 57.6 Å². The number of rotatable bonds is 2. The van der Waals surface area contributed by atoms with Gasteiger partial charge >= 0.3 is 0 Å². The van der Waals surface area contributed by atoms with Crippen molar-refractivity contribution in [3.05, 3.63) is 59.7 Å². The van der Waals surface area contributed by atoms with Crippen LogP contribution in [0, 0.1) is 11.3 Å². The molecule has 21 heavy (non-hydrogen) atoms. The molecule has 0 aromatic heterocycles. The van der Waals surface area contributed by atoms with E-state index in [1.807, 2.05) is 0 Å². The molecule has 1 aromatic rings. The average molecular weight is 278 g/mol. The first kappa shape index (κ1) is 14.4. The molecule has 2 unspecified atom stereocenters. The Morgan fingerprint density at radius 1 is 1.19 bits per heavy atom. The lowest BCUT2D eigenvalue weighted by atomic mass is 9.62. The average Bonchev–Trinajstić information content (AvgIpc) is 2.47. The van der Waals surface area contributed by atoms with Crippen molar-refractivity contribution >= 4 is 11.1 Å². The molecule has 0 N–H and O–H groups in total. The van der Waals surface area contributed by atoms with Gasteiger partial charge < -0.3 is 0 Å². The predicted octanol–water partition coefficient (Wildman–Crippen LogP) is 6.26. The number of fused-ring (bicyclic) bond motifs is 1. The summed E-state index contributed by atoms with van der Waals surface area (Å²) in [5.74, 6) is 0.555. The van der Waals surface area contributed by atoms with Crippen LogP contribution in [-0.2, 0) is 0 Å². The van der Waals surface area contributed by atoms with Gasteiger partial charge in [0.15, 0.2) is 0 Å². The van der Waals surface area contributed by atoms with Crippen LogP contribution in [0.25, 0.3) is 11.1 Å². The van der Waals surface area contributed by atoms with E-state index in [0.717, 1.165) is 5.57 Å². The van der Waals surface area contributed by atoms with Gasteiger partial charge in [-0.2, -0.15) is 0 Å². The normalized spacial score (nSPS) is 28.4. The molecule has 1 aromatic carbocycles. The van der Waals surface area contributed by atoms with Gasteiger partial charge in [0.25, 0.3) is 0 Å². The highest BCUT2D eigenvalue weighted by Gasteiger charge is 2.37. The van der Waals surface area contributed by atoms with E-state index >= 15 is 0 Å². The standard InChI is InChI=1S/C21H26/c1-15(2)17-8-10-18(11-9-17)19-12-14-21(4)13-6-5-7-20(21)16(19)3/h7-12,16H,1,5-6,13-14H2,2-4H3. The fourth-order valence-electron chi connectivity index (χ4n) is 4.05. The molecule has 0 saturated carbocycles. The molecule has 2 atom stereocenters. The Balaban J connectivity index is 1.94. The number of hydrogen-bond acceptors (Lipinski definition) is 0. The zero-order valence-corrected chi connectivity index (χ0v) is 13.6. The third-order valence-corrected chi connectivity index (χ3v) is 5.41. The maximum absolute atomic E-state index is 4.02. The first-order valence-corrected chi connectivity index (χ1v) is 8.18. The molecule has 0 radical (unpaired) electrons. The van der Waals surface area contributed by atoms with E-state index in [1.54, 1.807) is 5.57 Å². The fraction of sp³-hybridized carbons (Fsp3) is 0.429. The van der Waals surface area contributed by atoms with Gasteiger partial charge in [0, 0.05) is 5.92 Å². The van der Waals surface area contributed by atoms with Gasteiger partial charge in [0.2, 0.25) is 0 Å². The van der Waals surface area contributed by atoms with Crippen LogP contribution in [0.2, 0.25) is 0 Å². The molecule has 110 valence electrons. The summed E-state index contributed by atoms with van der Waals surface area (Å²) in [5.41, 5.74) is 7.35. The first-order chi connectivity index (χ1) is 10.0. The van der Waals surface area contributed by atoms with Crippen LogP contribution in [0.15, 0.2) is 48.6 Å². The Labute approximate surface area is 129 Å². The zero-order valence-electron chi connectivity index (χ0n) is 13.6. The molecule has 0 spiro atoms. The van der Waals surface area contributed by atoms with Crippen molar-refractivity contribution in [2.24, 2.45) is 11.3 Å². The van der Waals surface area contributed by atoms with Crippen LogP contribution < -0.4 is 0 Å². The summed E-state index contributed by atoms with van der Waals surface area (Å²) in [5, 5.41) is 0. The Kier molecular flexibility index (Phi) is 3.65. The summed E-state index contributed by atoms with van der Waals surface area (Å²) in [6.45, 7) is 10.9. The van der Waals surface area contributed by atoms with Crippen molar-refractivity contribution in [1.29, 1.82) is 0 Å². The molecule has 2 aliphatic rings. The van der Waals surface area contributed by atoms with Gasteiger partial charge in [-0.15, -0.1) is 0 Å². The SMILES string of the molecule is C=C(C)c1ccc(C2=CCC3(C)CCCC=C3C2C)cc1. The third kappa shape index (κ3) is 2.52. The molecule has 0 nitrogen and oxygen atoms in total. The van der Waals surface area contributed by atoms with Crippen LogP contribution in [0.4, 0.5) is 0 Å². The zero-order chi connectivity index (χ0) is 15.0. The Hall–Kier alpha value is -1.56. The second-order valence-corrected chi connectivity index (χ2v) is 7.06. The van der Waals surface area contributed by atoms with E-state index in [1.165, 1.54) is 42.4 Å². The minimum absolute atomic E-state index is 0.415. The quantitative estimate of drug-likeness (QED) is 0.560. The highest BCUT2D eigenvalue weighted by Crippen LogP contribution is 2.51. The summed E-state index contributed by atoms with van der Waals surface area (Å²) in [7, 11) is 0. The summed E-state index contributed by atoms with van der Waals surface area (Å²) >= 11 is 0. The minimum Gasteiger partial charge on any atom is -0.0955 e. The number of hydrogen-bond donors (Lipinski definition) is 0. The third-order valence-electron chi connectivity index (χ3n) is 5.41. The van der Waals surface area contributed by atoms with Gasteiger partial charge in [0.1, 0.15) is 0 Å². The van der Waals surface area contributed by atoms with Crippen molar-refractivity contribution in [3.8, 4) is 0 Å². The predicted molar refractivity (Wildman–Crippen MR) is 92.9 cm³/mol.